The molecule has 9 heteroatoms. The molecular formula is C14H12Cl3NO3S2. The molecular weight excluding hydrogens is 401 g/mol. The smallest absolute Gasteiger partial charge is 0.350 e. The summed E-state index contributed by atoms with van der Waals surface area (Å²) in [4.78, 5) is 12.5. The van der Waals surface area contributed by atoms with Crippen LogP contribution in [0, 0.1) is 10.9 Å². The molecule has 1 aromatic heterocycles. The first-order valence-electron chi connectivity index (χ1n) is 6.42. The van der Waals surface area contributed by atoms with Crippen LogP contribution in [0.1, 0.15) is 15.4 Å². The second kappa shape index (κ2) is 7.85. The molecule has 1 aromatic carbocycles. The Hall–Kier alpha value is -0.790. The molecule has 124 valence electrons. The highest BCUT2D eigenvalue weighted by Gasteiger charge is 2.16. The van der Waals surface area contributed by atoms with Crippen molar-refractivity contribution < 1.29 is 14.3 Å². The molecule has 2 rings (SSSR count). The maximum atomic E-state index is 12.0. The van der Waals surface area contributed by atoms with Gasteiger partial charge in [0, 0.05) is 17.8 Å². The second-order valence-corrected chi connectivity index (χ2v) is 7.42. The van der Waals surface area contributed by atoms with Crippen LogP contribution in [0.4, 0.5) is 0 Å². The van der Waals surface area contributed by atoms with Gasteiger partial charge in [0.2, 0.25) is 0 Å². The number of halogens is 3. The van der Waals surface area contributed by atoms with E-state index in [1.165, 1.54) is 23.5 Å². The van der Waals surface area contributed by atoms with E-state index in [1.54, 1.807) is 11.6 Å². The predicted molar refractivity (Wildman–Crippen MR) is 96.1 cm³/mol. The van der Waals surface area contributed by atoms with Crippen LogP contribution in [0.5, 0.6) is 5.75 Å². The fourth-order valence-electron chi connectivity index (χ4n) is 1.72. The van der Waals surface area contributed by atoms with Crippen molar-refractivity contribution in [2.45, 2.75) is 6.92 Å². The van der Waals surface area contributed by atoms with E-state index in [1.807, 2.05) is 6.92 Å². The zero-order chi connectivity index (χ0) is 17.1. The molecule has 0 atom stereocenters. The summed E-state index contributed by atoms with van der Waals surface area (Å²) >= 11 is 24.2. The lowest BCUT2D eigenvalue weighted by atomic mass is 10.3. The summed E-state index contributed by atoms with van der Waals surface area (Å²) < 4.78 is 13.0. The van der Waals surface area contributed by atoms with Crippen LogP contribution >= 0.6 is 58.4 Å². The highest BCUT2D eigenvalue weighted by Crippen LogP contribution is 2.35. The molecule has 23 heavy (non-hydrogen) atoms. The molecule has 0 bridgehead atoms. The van der Waals surface area contributed by atoms with Gasteiger partial charge in [-0.05, 0) is 31.3 Å². The molecule has 2 aromatic rings. The Morgan fingerprint density at radius 2 is 1.87 bits per heavy atom. The maximum absolute atomic E-state index is 12.0. The number of esters is 1. The first-order chi connectivity index (χ1) is 10.8. The van der Waals surface area contributed by atoms with E-state index in [-0.39, 0.29) is 13.2 Å². The Bertz CT molecular complexity index is 778. The van der Waals surface area contributed by atoms with Crippen molar-refractivity contribution in [2.24, 2.45) is 7.05 Å². The van der Waals surface area contributed by atoms with Crippen molar-refractivity contribution in [1.82, 2.24) is 4.57 Å². The molecule has 0 aliphatic heterocycles. The molecule has 0 spiro atoms. The van der Waals surface area contributed by atoms with E-state index in [4.69, 9.17) is 56.5 Å². The number of thiazole rings is 1. The number of nitrogens with zero attached hydrogens (tertiary/aromatic N) is 1. The lowest BCUT2D eigenvalue weighted by Crippen LogP contribution is -2.13. The van der Waals surface area contributed by atoms with Crippen molar-refractivity contribution in [3.63, 3.8) is 0 Å². The Morgan fingerprint density at radius 3 is 2.39 bits per heavy atom. The third kappa shape index (κ3) is 4.39. The van der Waals surface area contributed by atoms with Gasteiger partial charge in [-0.1, -0.05) is 46.1 Å². The zero-order valence-electron chi connectivity index (χ0n) is 12.2. The quantitative estimate of drug-likeness (QED) is 0.378. The number of carbonyl (C=O) groups is 1. The minimum Gasteiger partial charge on any atom is -0.487 e. The van der Waals surface area contributed by atoms with Crippen LogP contribution in [0.25, 0.3) is 0 Å². The van der Waals surface area contributed by atoms with Crippen molar-refractivity contribution in [2.75, 3.05) is 13.2 Å². The van der Waals surface area contributed by atoms with Gasteiger partial charge in [0.15, 0.2) is 9.70 Å². The summed E-state index contributed by atoms with van der Waals surface area (Å²) in [5, 5.41) is 1.01. The van der Waals surface area contributed by atoms with E-state index in [2.05, 4.69) is 0 Å². The molecule has 1 heterocycles. The molecule has 0 fully saturated rings. The molecule has 4 nitrogen and oxygen atoms in total. The van der Waals surface area contributed by atoms with Crippen LogP contribution in [-0.2, 0) is 11.8 Å². The van der Waals surface area contributed by atoms with Crippen molar-refractivity contribution in [1.29, 1.82) is 0 Å². The van der Waals surface area contributed by atoms with E-state index < -0.39 is 5.97 Å². The lowest BCUT2D eigenvalue weighted by Gasteiger charge is -2.10. The number of benzene rings is 1. The van der Waals surface area contributed by atoms with Gasteiger partial charge in [-0.3, -0.25) is 0 Å². The zero-order valence-corrected chi connectivity index (χ0v) is 16.1. The van der Waals surface area contributed by atoms with E-state index in [0.717, 1.165) is 5.69 Å². The Balaban J connectivity index is 1.92. The van der Waals surface area contributed by atoms with Crippen LogP contribution in [0.15, 0.2) is 12.1 Å². The average molecular weight is 413 g/mol. The number of carbonyl (C=O) groups excluding carboxylic acids is 1. The monoisotopic (exact) mass is 411 g/mol. The van der Waals surface area contributed by atoms with E-state index in [9.17, 15) is 4.79 Å². The minimum absolute atomic E-state index is 0.0575. The van der Waals surface area contributed by atoms with Gasteiger partial charge in [0.05, 0.1) is 10.0 Å². The summed E-state index contributed by atoms with van der Waals surface area (Å²) in [7, 11) is 1.80. The average Bonchev–Trinajstić information content (AvgIpc) is 2.73. The molecule has 0 aliphatic carbocycles. The molecule has 0 unspecified atom stereocenters. The molecule has 0 radical (unpaired) electrons. The van der Waals surface area contributed by atoms with Gasteiger partial charge in [-0.15, -0.1) is 0 Å². The fourth-order valence-corrected chi connectivity index (χ4v) is 3.91. The third-order valence-corrected chi connectivity index (χ3v) is 5.42. The maximum Gasteiger partial charge on any atom is 0.350 e. The van der Waals surface area contributed by atoms with Crippen LogP contribution in [0.2, 0.25) is 15.1 Å². The standard InChI is InChI=1S/C14H12Cl3NO3S2/c1-7-12(23-14(22)18(7)2)13(19)21-4-3-20-11-9(16)5-8(15)6-10(11)17/h5-6H,3-4H2,1-2H3. The first-order valence-corrected chi connectivity index (χ1v) is 8.78. The highest BCUT2D eigenvalue weighted by atomic mass is 35.5. The van der Waals surface area contributed by atoms with Gasteiger partial charge < -0.3 is 14.0 Å². The number of aromatic nitrogens is 1. The topological polar surface area (TPSA) is 40.5 Å². The second-order valence-electron chi connectivity index (χ2n) is 4.52. The van der Waals surface area contributed by atoms with Gasteiger partial charge in [0.25, 0.3) is 0 Å². The molecule has 0 N–H and O–H groups in total. The van der Waals surface area contributed by atoms with Gasteiger partial charge >= 0.3 is 5.97 Å². The van der Waals surface area contributed by atoms with Crippen LogP contribution in [0.3, 0.4) is 0 Å². The minimum atomic E-state index is -0.434. The molecule has 0 amide bonds. The van der Waals surface area contributed by atoms with E-state index >= 15 is 0 Å². The Labute approximate surface area is 157 Å². The number of rotatable bonds is 5. The third-order valence-electron chi connectivity index (χ3n) is 3.01. The van der Waals surface area contributed by atoms with Crippen molar-refractivity contribution in [3.05, 3.63) is 41.7 Å². The molecule has 0 saturated carbocycles. The summed E-state index contributed by atoms with van der Waals surface area (Å²) in [6.45, 7) is 1.98. The van der Waals surface area contributed by atoms with Crippen molar-refractivity contribution >= 4 is 64.3 Å². The summed E-state index contributed by atoms with van der Waals surface area (Å²) in [6, 6.07) is 3.05. The summed E-state index contributed by atoms with van der Waals surface area (Å²) in [5.74, 6) is -0.128. The van der Waals surface area contributed by atoms with Gasteiger partial charge in [-0.25, -0.2) is 4.79 Å². The Morgan fingerprint density at radius 1 is 1.26 bits per heavy atom. The lowest BCUT2D eigenvalue weighted by molar-refractivity contribution is 0.0455. The SMILES string of the molecule is Cc1c(C(=O)OCCOc2c(Cl)cc(Cl)cc2Cl)sc(=S)n1C. The summed E-state index contributed by atoms with van der Waals surface area (Å²) in [5.41, 5.74) is 0.773. The van der Waals surface area contributed by atoms with Crippen molar-refractivity contribution in [3.8, 4) is 5.75 Å². The highest BCUT2D eigenvalue weighted by molar-refractivity contribution is 7.73. The van der Waals surface area contributed by atoms with Crippen LogP contribution < -0.4 is 4.74 Å². The number of ether oxygens (including phenoxy) is 2. The normalized spacial score (nSPS) is 10.7. The Kier molecular flexibility index (Phi) is 6.33. The first kappa shape index (κ1) is 18.5. The summed E-state index contributed by atoms with van der Waals surface area (Å²) in [6.07, 6.45) is 0. The largest absolute Gasteiger partial charge is 0.487 e. The van der Waals surface area contributed by atoms with Gasteiger partial charge in [0.1, 0.15) is 18.1 Å². The van der Waals surface area contributed by atoms with Gasteiger partial charge in [-0.2, -0.15) is 0 Å². The van der Waals surface area contributed by atoms with E-state index in [0.29, 0.717) is 29.6 Å². The number of hydrogen-bond donors (Lipinski definition) is 0. The molecule has 0 aliphatic rings. The van der Waals surface area contributed by atoms with Crippen LogP contribution in [-0.4, -0.2) is 23.8 Å². The number of hydrogen-bond acceptors (Lipinski definition) is 5. The fraction of sp³-hybridized carbons (Fsp3) is 0.286. The molecule has 0 saturated heterocycles. The predicted octanol–water partition coefficient (Wildman–Crippen LogP) is 5.32.